The number of anilines is 2. The summed E-state index contributed by atoms with van der Waals surface area (Å²) in [6.07, 6.45) is 0. The molecule has 2 aromatic carbocycles. The van der Waals surface area contributed by atoms with Crippen molar-refractivity contribution >= 4 is 29.0 Å². The molecule has 1 aromatic heterocycles. The average molecular weight is 428 g/mol. The highest BCUT2D eigenvalue weighted by Crippen LogP contribution is 2.27. The van der Waals surface area contributed by atoms with Gasteiger partial charge in [-0.3, -0.25) is 4.79 Å². The van der Waals surface area contributed by atoms with Crippen LogP contribution >= 0.6 is 11.8 Å². The summed E-state index contributed by atoms with van der Waals surface area (Å²) in [4.78, 5) is 17.1. The summed E-state index contributed by atoms with van der Waals surface area (Å²) < 4.78 is 18.6. The molecule has 0 atom stereocenters. The average Bonchev–Trinajstić information content (AvgIpc) is 3.23. The van der Waals surface area contributed by atoms with E-state index in [2.05, 4.69) is 32.4 Å². The van der Waals surface area contributed by atoms with Gasteiger partial charge in [0.15, 0.2) is 0 Å². The summed E-state index contributed by atoms with van der Waals surface area (Å²) in [6.45, 7) is 3.83. The molecule has 3 aromatic rings. The first-order valence-corrected chi connectivity index (χ1v) is 10.6. The zero-order valence-electron chi connectivity index (χ0n) is 16.5. The Balaban J connectivity index is 1.35. The van der Waals surface area contributed by atoms with Crippen molar-refractivity contribution in [3.05, 3.63) is 54.3 Å². The van der Waals surface area contributed by atoms with E-state index in [-0.39, 0.29) is 22.7 Å². The van der Waals surface area contributed by atoms with Crippen LogP contribution in [0.15, 0.2) is 58.2 Å². The molecule has 1 amide bonds. The second-order valence-corrected chi connectivity index (χ2v) is 7.95. The lowest BCUT2D eigenvalue weighted by Crippen LogP contribution is -2.44. The van der Waals surface area contributed by atoms with Gasteiger partial charge in [-0.25, -0.2) is 4.39 Å². The van der Waals surface area contributed by atoms with E-state index in [1.807, 2.05) is 24.3 Å². The van der Waals surface area contributed by atoms with E-state index in [4.69, 9.17) is 4.42 Å². The van der Waals surface area contributed by atoms with Crippen molar-refractivity contribution in [3.63, 3.8) is 0 Å². The van der Waals surface area contributed by atoms with Crippen molar-refractivity contribution in [3.8, 4) is 11.5 Å². The van der Waals surface area contributed by atoms with Crippen LogP contribution in [0.25, 0.3) is 11.5 Å². The quantitative estimate of drug-likeness (QED) is 0.605. The maximum atomic E-state index is 13.0. The van der Waals surface area contributed by atoms with E-state index < -0.39 is 0 Å². The fourth-order valence-electron chi connectivity index (χ4n) is 3.19. The SMILES string of the molecule is CN1CCN(c2ccccc2NC(=O)CSc2nnc(-c3ccc(F)cc3)o2)CC1. The van der Waals surface area contributed by atoms with Gasteiger partial charge in [0.1, 0.15) is 5.82 Å². The molecule has 1 aliphatic heterocycles. The number of hydrogen-bond acceptors (Lipinski definition) is 7. The molecule has 156 valence electrons. The number of para-hydroxylation sites is 2. The number of carbonyl (C=O) groups is 1. The molecular weight excluding hydrogens is 405 g/mol. The van der Waals surface area contributed by atoms with Crippen LogP contribution in [0.1, 0.15) is 0 Å². The van der Waals surface area contributed by atoms with Crippen molar-refractivity contribution in [2.45, 2.75) is 5.22 Å². The number of carbonyl (C=O) groups excluding carboxylic acids is 1. The van der Waals surface area contributed by atoms with Crippen LogP contribution in [-0.2, 0) is 4.79 Å². The molecule has 0 aliphatic carbocycles. The third kappa shape index (κ3) is 4.98. The molecule has 0 unspecified atom stereocenters. The van der Waals surface area contributed by atoms with Gasteiger partial charge in [-0.15, -0.1) is 10.2 Å². The first-order chi connectivity index (χ1) is 14.6. The minimum absolute atomic E-state index is 0.141. The lowest BCUT2D eigenvalue weighted by atomic mass is 10.2. The molecule has 4 rings (SSSR count). The standard InChI is InChI=1S/C21H22FN5O2S/c1-26-10-12-27(13-11-26)18-5-3-2-4-17(18)23-19(28)14-30-21-25-24-20(29-21)15-6-8-16(22)9-7-15/h2-9H,10-14H2,1H3,(H,23,28). The second-order valence-electron chi connectivity index (χ2n) is 7.02. The van der Waals surface area contributed by atoms with Crippen LogP contribution in [0.2, 0.25) is 0 Å². The number of nitrogens with zero attached hydrogens (tertiary/aromatic N) is 4. The van der Waals surface area contributed by atoms with Crippen molar-refractivity contribution in [2.75, 3.05) is 49.2 Å². The maximum Gasteiger partial charge on any atom is 0.277 e. The van der Waals surface area contributed by atoms with Gasteiger partial charge in [0.2, 0.25) is 11.8 Å². The minimum atomic E-state index is -0.332. The zero-order chi connectivity index (χ0) is 20.9. The largest absolute Gasteiger partial charge is 0.411 e. The first-order valence-electron chi connectivity index (χ1n) is 9.63. The van der Waals surface area contributed by atoms with Crippen molar-refractivity contribution in [1.29, 1.82) is 0 Å². The van der Waals surface area contributed by atoms with Crippen LogP contribution in [-0.4, -0.2) is 60.0 Å². The molecule has 0 radical (unpaired) electrons. The number of piperazine rings is 1. The van der Waals surface area contributed by atoms with Crippen molar-refractivity contribution < 1.29 is 13.6 Å². The summed E-state index contributed by atoms with van der Waals surface area (Å²) >= 11 is 1.16. The molecule has 7 nitrogen and oxygen atoms in total. The number of likely N-dealkylation sites (N-methyl/N-ethyl adjacent to an activating group) is 1. The first kappa shape index (κ1) is 20.4. The fraction of sp³-hybridized carbons (Fsp3) is 0.286. The molecule has 0 spiro atoms. The number of rotatable bonds is 6. The molecule has 9 heteroatoms. The van der Waals surface area contributed by atoms with E-state index >= 15 is 0 Å². The van der Waals surface area contributed by atoms with E-state index in [1.54, 1.807) is 12.1 Å². The number of benzene rings is 2. The van der Waals surface area contributed by atoms with Gasteiger partial charge in [0.05, 0.1) is 17.1 Å². The highest BCUT2D eigenvalue weighted by atomic mass is 32.2. The Kier molecular flexibility index (Phi) is 6.29. The molecular formula is C21H22FN5O2S. The number of hydrogen-bond donors (Lipinski definition) is 1. The van der Waals surface area contributed by atoms with Gasteiger partial charge in [0.25, 0.3) is 5.22 Å². The van der Waals surface area contributed by atoms with E-state index in [0.717, 1.165) is 49.3 Å². The number of aromatic nitrogens is 2. The van der Waals surface area contributed by atoms with Crippen molar-refractivity contribution in [2.24, 2.45) is 0 Å². The van der Waals surface area contributed by atoms with Crippen LogP contribution in [0.3, 0.4) is 0 Å². The number of amides is 1. The summed E-state index contributed by atoms with van der Waals surface area (Å²) in [6, 6.07) is 13.6. The molecule has 1 fully saturated rings. The third-order valence-electron chi connectivity index (χ3n) is 4.85. The van der Waals surface area contributed by atoms with Gasteiger partial charge in [-0.05, 0) is 43.4 Å². The van der Waals surface area contributed by atoms with Crippen LogP contribution in [0.5, 0.6) is 0 Å². The Morgan fingerprint density at radius 1 is 1.10 bits per heavy atom. The third-order valence-corrected chi connectivity index (χ3v) is 5.66. The number of thioether (sulfide) groups is 1. The van der Waals surface area contributed by atoms with Gasteiger partial charge < -0.3 is 19.5 Å². The van der Waals surface area contributed by atoms with E-state index in [9.17, 15) is 9.18 Å². The van der Waals surface area contributed by atoms with Gasteiger partial charge >= 0.3 is 0 Å². The molecule has 30 heavy (non-hydrogen) atoms. The van der Waals surface area contributed by atoms with E-state index in [0.29, 0.717) is 11.5 Å². The Bertz CT molecular complexity index is 1000. The summed E-state index contributed by atoms with van der Waals surface area (Å²) in [5.74, 6) is -0.0508. The fourth-order valence-corrected chi connectivity index (χ4v) is 3.76. The van der Waals surface area contributed by atoms with Crippen molar-refractivity contribution in [1.82, 2.24) is 15.1 Å². The molecule has 0 bridgehead atoms. The topological polar surface area (TPSA) is 74.5 Å². The lowest BCUT2D eigenvalue weighted by Gasteiger charge is -2.35. The zero-order valence-corrected chi connectivity index (χ0v) is 17.4. The lowest BCUT2D eigenvalue weighted by molar-refractivity contribution is -0.113. The Morgan fingerprint density at radius 2 is 1.83 bits per heavy atom. The minimum Gasteiger partial charge on any atom is -0.411 e. The van der Waals surface area contributed by atoms with Crippen LogP contribution in [0.4, 0.5) is 15.8 Å². The molecule has 1 aliphatic rings. The molecule has 1 N–H and O–H groups in total. The predicted molar refractivity (Wildman–Crippen MR) is 115 cm³/mol. The normalized spacial score (nSPS) is 14.7. The van der Waals surface area contributed by atoms with Gasteiger partial charge in [0, 0.05) is 31.7 Å². The number of nitrogens with one attached hydrogen (secondary N) is 1. The highest BCUT2D eigenvalue weighted by Gasteiger charge is 2.18. The molecule has 0 saturated carbocycles. The van der Waals surface area contributed by atoms with E-state index in [1.165, 1.54) is 12.1 Å². The Hall–Kier alpha value is -2.91. The predicted octanol–water partition coefficient (Wildman–Crippen LogP) is 3.36. The smallest absolute Gasteiger partial charge is 0.277 e. The van der Waals surface area contributed by atoms with Crippen LogP contribution in [0, 0.1) is 5.82 Å². The van der Waals surface area contributed by atoms with Crippen LogP contribution < -0.4 is 10.2 Å². The Labute approximate surface area is 178 Å². The van der Waals surface area contributed by atoms with Gasteiger partial charge in [-0.1, -0.05) is 23.9 Å². The highest BCUT2D eigenvalue weighted by molar-refractivity contribution is 7.99. The maximum absolute atomic E-state index is 13.0. The molecule has 1 saturated heterocycles. The summed E-state index contributed by atoms with van der Waals surface area (Å²) in [5.41, 5.74) is 2.45. The Morgan fingerprint density at radius 3 is 2.60 bits per heavy atom. The molecule has 2 heterocycles. The summed E-state index contributed by atoms with van der Waals surface area (Å²) in [5, 5.41) is 11.2. The monoisotopic (exact) mass is 427 g/mol. The second kappa shape index (κ2) is 9.27. The van der Waals surface area contributed by atoms with Gasteiger partial charge in [-0.2, -0.15) is 0 Å². The number of halogens is 1. The summed E-state index contributed by atoms with van der Waals surface area (Å²) in [7, 11) is 2.11.